The lowest BCUT2D eigenvalue weighted by atomic mass is 10.0. The molecule has 1 aromatic heterocycles. The van der Waals surface area contributed by atoms with Crippen LogP contribution in [0, 0.1) is 0 Å². The average molecular weight is 457 g/mol. The number of aryl methyl sites for hydroxylation is 2. The molecule has 1 N–H and O–H groups in total. The summed E-state index contributed by atoms with van der Waals surface area (Å²) in [4.78, 5) is 12.9. The fourth-order valence-electron chi connectivity index (χ4n) is 3.83. The Morgan fingerprint density at radius 3 is 2.12 bits per heavy atom. The van der Waals surface area contributed by atoms with Crippen LogP contribution in [0.2, 0.25) is 0 Å². The van der Waals surface area contributed by atoms with Gasteiger partial charge in [0.25, 0.3) is 0 Å². The molecule has 6 heteroatoms. The Bertz CT molecular complexity index is 1180. The standard InChI is InChI=1S/C27H28N4OS/c1-3-21-14-11-15-22(4-2)26(21)28-25(32)19-33-27-30-29-24(18-20-12-7-5-8-13-20)31(27)23-16-9-6-10-17-23/h5-17H,3-4,18-19H2,1-2H3,(H,28,32). The zero-order valence-electron chi connectivity index (χ0n) is 19.0. The topological polar surface area (TPSA) is 59.8 Å². The van der Waals surface area contributed by atoms with Crippen molar-refractivity contribution in [3.05, 3.63) is 101 Å². The summed E-state index contributed by atoms with van der Waals surface area (Å²) in [7, 11) is 0. The van der Waals surface area contributed by atoms with Crippen LogP contribution in [-0.4, -0.2) is 26.4 Å². The van der Waals surface area contributed by atoms with E-state index in [0.717, 1.165) is 41.2 Å². The van der Waals surface area contributed by atoms with Gasteiger partial charge >= 0.3 is 0 Å². The Morgan fingerprint density at radius 1 is 0.848 bits per heavy atom. The number of para-hydroxylation sites is 2. The fourth-order valence-corrected chi connectivity index (χ4v) is 4.60. The highest BCUT2D eigenvalue weighted by molar-refractivity contribution is 7.99. The van der Waals surface area contributed by atoms with Gasteiger partial charge in [-0.1, -0.05) is 92.3 Å². The smallest absolute Gasteiger partial charge is 0.234 e. The summed E-state index contributed by atoms with van der Waals surface area (Å²) in [5, 5.41) is 12.7. The molecule has 4 aromatic rings. The third-order valence-corrected chi connectivity index (χ3v) is 6.44. The highest BCUT2D eigenvalue weighted by Crippen LogP contribution is 2.26. The molecule has 0 atom stereocenters. The quantitative estimate of drug-likeness (QED) is 0.328. The summed E-state index contributed by atoms with van der Waals surface area (Å²) in [6.45, 7) is 4.21. The molecule has 0 unspecified atom stereocenters. The molecule has 5 nitrogen and oxygen atoms in total. The number of amides is 1. The number of anilines is 1. The summed E-state index contributed by atoms with van der Waals surface area (Å²) in [6.07, 6.45) is 2.42. The molecule has 0 bridgehead atoms. The Hall–Kier alpha value is -3.38. The van der Waals surface area contributed by atoms with E-state index in [1.54, 1.807) is 0 Å². The second-order valence-corrected chi connectivity index (χ2v) is 8.67. The maximum absolute atomic E-state index is 12.9. The Labute approximate surface area is 199 Å². The molecular formula is C27H28N4OS. The number of nitrogens with zero attached hydrogens (tertiary/aromatic N) is 3. The van der Waals surface area contributed by atoms with Crippen molar-refractivity contribution >= 4 is 23.4 Å². The lowest BCUT2D eigenvalue weighted by Gasteiger charge is -2.14. The van der Waals surface area contributed by atoms with E-state index in [9.17, 15) is 4.79 Å². The van der Waals surface area contributed by atoms with Gasteiger partial charge in [-0.2, -0.15) is 0 Å². The Kier molecular flexibility index (Phi) is 7.58. The summed E-state index contributed by atoms with van der Waals surface area (Å²) >= 11 is 1.40. The van der Waals surface area contributed by atoms with Crippen LogP contribution in [0.4, 0.5) is 5.69 Å². The van der Waals surface area contributed by atoms with Crippen molar-refractivity contribution in [1.29, 1.82) is 0 Å². The van der Waals surface area contributed by atoms with E-state index in [0.29, 0.717) is 11.6 Å². The van der Waals surface area contributed by atoms with Crippen molar-refractivity contribution in [3.8, 4) is 5.69 Å². The molecule has 0 fully saturated rings. The molecule has 1 amide bonds. The van der Waals surface area contributed by atoms with Crippen LogP contribution < -0.4 is 5.32 Å². The van der Waals surface area contributed by atoms with Gasteiger partial charge in [0.05, 0.1) is 5.75 Å². The number of benzene rings is 3. The van der Waals surface area contributed by atoms with E-state index in [-0.39, 0.29) is 11.7 Å². The summed E-state index contributed by atoms with van der Waals surface area (Å²) < 4.78 is 2.04. The van der Waals surface area contributed by atoms with Gasteiger partial charge in [-0.3, -0.25) is 9.36 Å². The van der Waals surface area contributed by atoms with Gasteiger partial charge in [-0.25, -0.2) is 0 Å². The van der Waals surface area contributed by atoms with E-state index >= 15 is 0 Å². The monoisotopic (exact) mass is 456 g/mol. The third-order valence-electron chi connectivity index (χ3n) is 5.52. The van der Waals surface area contributed by atoms with E-state index < -0.39 is 0 Å². The molecule has 0 aliphatic rings. The van der Waals surface area contributed by atoms with E-state index in [1.807, 2.05) is 53.1 Å². The van der Waals surface area contributed by atoms with Crippen LogP contribution >= 0.6 is 11.8 Å². The lowest BCUT2D eigenvalue weighted by Crippen LogP contribution is -2.17. The predicted molar refractivity (Wildman–Crippen MR) is 135 cm³/mol. The van der Waals surface area contributed by atoms with Crippen molar-refractivity contribution in [2.75, 3.05) is 11.1 Å². The van der Waals surface area contributed by atoms with Crippen molar-refractivity contribution in [2.24, 2.45) is 0 Å². The van der Waals surface area contributed by atoms with Crippen molar-refractivity contribution in [1.82, 2.24) is 14.8 Å². The predicted octanol–water partition coefficient (Wildman–Crippen LogP) is 5.71. The van der Waals surface area contributed by atoms with Crippen LogP contribution in [0.15, 0.2) is 84.0 Å². The molecule has 1 heterocycles. The van der Waals surface area contributed by atoms with E-state index in [4.69, 9.17) is 0 Å². The van der Waals surface area contributed by atoms with Crippen LogP contribution in [0.1, 0.15) is 36.4 Å². The molecule has 3 aromatic carbocycles. The Morgan fingerprint density at radius 2 is 1.48 bits per heavy atom. The van der Waals surface area contributed by atoms with Crippen LogP contribution in [0.5, 0.6) is 0 Å². The maximum atomic E-state index is 12.9. The normalized spacial score (nSPS) is 10.8. The molecule has 0 saturated carbocycles. The van der Waals surface area contributed by atoms with Crippen LogP contribution in [0.3, 0.4) is 0 Å². The molecule has 168 valence electrons. The SMILES string of the molecule is CCc1cccc(CC)c1NC(=O)CSc1nnc(Cc2ccccc2)n1-c1ccccc1. The Balaban J connectivity index is 1.54. The summed E-state index contributed by atoms with van der Waals surface area (Å²) in [5.74, 6) is 1.07. The zero-order chi connectivity index (χ0) is 23.0. The van der Waals surface area contributed by atoms with Crippen molar-refractivity contribution < 1.29 is 4.79 Å². The first-order valence-corrected chi connectivity index (χ1v) is 12.2. The number of hydrogen-bond acceptors (Lipinski definition) is 4. The number of thioether (sulfide) groups is 1. The summed E-state index contributed by atoms with van der Waals surface area (Å²) in [6, 6.07) is 26.5. The minimum absolute atomic E-state index is 0.0391. The minimum Gasteiger partial charge on any atom is -0.325 e. The molecule has 4 rings (SSSR count). The highest BCUT2D eigenvalue weighted by atomic mass is 32.2. The van der Waals surface area contributed by atoms with Gasteiger partial charge < -0.3 is 5.32 Å². The number of hydrogen-bond donors (Lipinski definition) is 1. The van der Waals surface area contributed by atoms with Gasteiger partial charge in [-0.15, -0.1) is 10.2 Å². The second-order valence-electron chi connectivity index (χ2n) is 7.73. The zero-order valence-corrected chi connectivity index (χ0v) is 19.8. The van der Waals surface area contributed by atoms with Gasteiger partial charge in [-0.05, 0) is 41.7 Å². The number of rotatable bonds is 9. The van der Waals surface area contributed by atoms with E-state index in [1.165, 1.54) is 17.3 Å². The number of carbonyl (C=O) groups excluding carboxylic acids is 1. The highest BCUT2D eigenvalue weighted by Gasteiger charge is 2.17. The molecule has 0 radical (unpaired) electrons. The third kappa shape index (κ3) is 5.52. The molecular weight excluding hydrogens is 428 g/mol. The van der Waals surface area contributed by atoms with Gasteiger partial charge in [0.2, 0.25) is 5.91 Å². The number of aromatic nitrogens is 3. The number of carbonyl (C=O) groups is 1. The lowest BCUT2D eigenvalue weighted by molar-refractivity contribution is -0.113. The van der Waals surface area contributed by atoms with Gasteiger partial charge in [0.1, 0.15) is 5.82 Å². The number of nitrogens with one attached hydrogen (secondary N) is 1. The first-order valence-electron chi connectivity index (χ1n) is 11.3. The minimum atomic E-state index is -0.0391. The molecule has 0 aliphatic carbocycles. The van der Waals surface area contributed by atoms with E-state index in [2.05, 4.69) is 59.7 Å². The summed E-state index contributed by atoms with van der Waals surface area (Å²) in [5.41, 5.74) is 5.42. The van der Waals surface area contributed by atoms with Crippen LogP contribution in [-0.2, 0) is 24.1 Å². The second kappa shape index (κ2) is 11.0. The fraction of sp³-hybridized carbons (Fsp3) is 0.222. The molecule has 0 saturated heterocycles. The molecule has 0 spiro atoms. The van der Waals surface area contributed by atoms with Gasteiger partial charge in [0.15, 0.2) is 5.16 Å². The van der Waals surface area contributed by atoms with Crippen molar-refractivity contribution in [3.63, 3.8) is 0 Å². The largest absolute Gasteiger partial charge is 0.325 e. The molecule has 0 aliphatic heterocycles. The first kappa shape index (κ1) is 22.8. The van der Waals surface area contributed by atoms with Crippen molar-refractivity contribution in [2.45, 2.75) is 38.3 Å². The molecule has 33 heavy (non-hydrogen) atoms. The first-order chi connectivity index (χ1) is 16.2. The van der Waals surface area contributed by atoms with Crippen LogP contribution in [0.25, 0.3) is 5.69 Å². The maximum Gasteiger partial charge on any atom is 0.234 e. The van der Waals surface area contributed by atoms with Gasteiger partial charge in [0, 0.05) is 17.8 Å². The average Bonchev–Trinajstić information content (AvgIpc) is 3.26.